The van der Waals surface area contributed by atoms with Crippen molar-refractivity contribution in [1.29, 1.82) is 0 Å². The minimum atomic E-state index is -0.201. The molecule has 1 aliphatic rings. The Bertz CT molecular complexity index is 4090. The van der Waals surface area contributed by atoms with Gasteiger partial charge in [-0.15, -0.1) is 0 Å². The lowest BCUT2D eigenvalue weighted by Crippen LogP contribution is -2.15. The van der Waals surface area contributed by atoms with Crippen molar-refractivity contribution in [3.63, 3.8) is 0 Å². The van der Waals surface area contributed by atoms with Crippen molar-refractivity contribution in [2.75, 3.05) is 0 Å². The van der Waals surface area contributed by atoms with E-state index in [1.807, 2.05) is 42.9 Å². The van der Waals surface area contributed by atoms with Crippen LogP contribution in [0.2, 0.25) is 0 Å². The Morgan fingerprint density at radius 3 is 1.14 bits per heavy atom. The van der Waals surface area contributed by atoms with Crippen molar-refractivity contribution in [2.24, 2.45) is 0 Å². The minimum absolute atomic E-state index is 0.201. The summed E-state index contributed by atoms with van der Waals surface area (Å²) in [5.41, 5.74) is 28.6. The molecule has 0 N–H and O–H groups in total. The lowest BCUT2D eigenvalue weighted by atomic mass is 9.79. The number of benzene rings is 9. The van der Waals surface area contributed by atoms with Crippen molar-refractivity contribution in [3.05, 3.63) is 284 Å². The maximum atomic E-state index is 4.96. The van der Waals surface area contributed by atoms with Gasteiger partial charge in [0, 0.05) is 46.3 Å². The first-order chi connectivity index (χ1) is 37.3. The lowest BCUT2D eigenvalue weighted by molar-refractivity contribution is 0.660. The fourth-order valence-electron chi connectivity index (χ4n) is 11.5. The number of aryl methyl sites for hydroxylation is 1. The van der Waals surface area contributed by atoms with E-state index in [0.717, 1.165) is 89.4 Å². The molecule has 0 unspecified atom stereocenters. The van der Waals surface area contributed by atoms with Crippen molar-refractivity contribution in [1.82, 2.24) is 15.0 Å². The minimum Gasteiger partial charge on any atom is -0.256 e. The van der Waals surface area contributed by atoms with Crippen molar-refractivity contribution in [3.8, 4) is 123 Å². The highest BCUT2D eigenvalue weighted by Gasteiger charge is 2.36. The number of hydrogen-bond acceptors (Lipinski definition) is 3. The fourth-order valence-corrected chi connectivity index (χ4v) is 11.5. The van der Waals surface area contributed by atoms with Gasteiger partial charge in [0.1, 0.15) is 0 Å². The van der Waals surface area contributed by atoms with Crippen molar-refractivity contribution < 1.29 is 0 Å². The number of rotatable bonds is 10. The highest BCUT2D eigenvalue weighted by molar-refractivity contribution is 5.97. The Labute approximate surface area is 445 Å². The number of aromatic nitrogens is 3. The molecule has 0 radical (unpaired) electrons. The van der Waals surface area contributed by atoms with Gasteiger partial charge in [-0.1, -0.05) is 202 Å². The second kappa shape index (κ2) is 19.4. The van der Waals surface area contributed by atoms with Gasteiger partial charge in [-0.25, -0.2) is 0 Å². The first-order valence-electron chi connectivity index (χ1n) is 26.1. The average molecular weight is 972 g/mol. The zero-order chi connectivity index (χ0) is 51.2. The van der Waals surface area contributed by atoms with Crippen molar-refractivity contribution >= 4 is 0 Å². The van der Waals surface area contributed by atoms with E-state index in [2.05, 4.69) is 255 Å². The summed E-state index contributed by atoms with van der Waals surface area (Å²) in [5.74, 6) is 0. The standard InChI is InChI=1S/C73H53N3/c1-48-41-72(76-47-67(48)49-17-5-4-6-18-49)55-37-29-51(30-38-55)60-20-8-10-22-62(60)57-42-56(61-21-9-7-19-59(61)50-27-33-53(34-28-50)70-25-13-15-39-74-70)43-58(44-57)65-46-69-66(63-23-11-12-24-68(63)73(69,2)3)45-64(65)52-31-35-54(36-32-52)71-26-14-16-40-75-71/h4-47H,1-3H3. The summed E-state index contributed by atoms with van der Waals surface area (Å²) in [6.07, 6.45) is 5.72. The van der Waals surface area contributed by atoms with Gasteiger partial charge in [-0.05, 0) is 168 Å². The molecule has 13 rings (SSSR count). The molecule has 9 aromatic carbocycles. The second-order valence-electron chi connectivity index (χ2n) is 20.4. The summed E-state index contributed by atoms with van der Waals surface area (Å²) in [6.45, 7) is 6.92. The molecule has 0 aliphatic heterocycles. The van der Waals surface area contributed by atoms with Gasteiger partial charge < -0.3 is 0 Å². The van der Waals surface area contributed by atoms with Crippen molar-refractivity contribution in [2.45, 2.75) is 26.2 Å². The smallest absolute Gasteiger partial charge is 0.0705 e. The van der Waals surface area contributed by atoms with E-state index in [4.69, 9.17) is 4.98 Å². The summed E-state index contributed by atoms with van der Waals surface area (Å²) in [5, 5.41) is 0. The molecule has 0 amide bonds. The SMILES string of the molecule is Cc1cc(-c2ccc(-c3ccccc3-c3cc(-c4ccccc4-c4ccc(-c5ccccn5)cc4)cc(-c4cc5c(cc4-c4ccc(-c6ccccn6)cc4)-c4ccccc4C5(C)C)c3)cc2)ncc1-c1ccccc1. The summed E-state index contributed by atoms with van der Waals surface area (Å²) in [6, 6.07) is 90.4. The van der Waals surface area contributed by atoms with E-state index in [1.54, 1.807) is 0 Å². The Morgan fingerprint density at radius 1 is 0.250 bits per heavy atom. The van der Waals surface area contributed by atoms with Gasteiger partial charge >= 0.3 is 0 Å². The highest BCUT2D eigenvalue weighted by Crippen LogP contribution is 2.53. The van der Waals surface area contributed by atoms with Crippen LogP contribution in [0, 0.1) is 6.92 Å². The van der Waals surface area contributed by atoms with E-state index in [0.29, 0.717) is 0 Å². The monoisotopic (exact) mass is 971 g/mol. The summed E-state index contributed by atoms with van der Waals surface area (Å²) in [7, 11) is 0. The number of nitrogens with zero attached hydrogens (tertiary/aromatic N) is 3. The van der Waals surface area contributed by atoms with Crippen LogP contribution in [0.15, 0.2) is 267 Å². The third kappa shape index (κ3) is 8.52. The van der Waals surface area contributed by atoms with Gasteiger partial charge in [0.2, 0.25) is 0 Å². The molecule has 12 aromatic rings. The van der Waals surface area contributed by atoms with Gasteiger partial charge in [0.15, 0.2) is 0 Å². The molecule has 3 heterocycles. The summed E-state index contributed by atoms with van der Waals surface area (Å²) in [4.78, 5) is 14.3. The van der Waals surface area contributed by atoms with Crippen LogP contribution in [-0.4, -0.2) is 15.0 Å². The van der Waals surface area contributed by atoms with Crippen LogP contribution in [0.25, 0.3) is 123 Å². The first-order valence-corrected chi connectivity index (χ1v) is 26.1. The predicted molar refractivity (Wildman–Crippen MR) is 316 cm³/mol. The Kier molecular flexibility index (Phi) is 11.8. The van der Waals surface area contributed by atoms with Gasteiger partial charge in [-0.2, -0.15) is 0 Å². The normalized spacial score (nSPS) is 12.2. The summed E-state index contributed by atoms with van der Waals surface area (Å²) < 4.78 is 0. The van der Waals surface area contributed by atoms with E-state index in [-0.39, 0.29) is 5.41 Å². The molecular formula is C73H53N3. The molecule has 0 saturated carbocycles. The molecule has 360 valence electrons. The quantitative estimate of drug-likeness (QED) is 0.137. The highest BCUT2D eigenvalue weighted by atomic mass is 14.7. The molecule has 3 heteroatoms. The van der Waals surface area contributed by atoms with Crippen LogP contribution in [-0.2, 0) is 5.41 Å². The first kappa shape index (κ1) is 46.2. The van der Waals surface area contributed by atoms with Crippen LogP contribution in [0.3, 0.4) is 0 Å². The predicted octanol–water partition coefficient (Wildman–Crippen LogP) is 19.2. The maximum absolute atomic E-state index is 4.96. The molecule has 0 fully saturated rings. The fraction of sp³-hybridized carbons (Fsp3) is 0.0548. The third-order valence-corrected chi connectivity index (χ3v) is 15.4. The number of hydrogen-bond donors (Lipinski definition) is 0. The van der Waals surface area contributed by atoms with E-state index >= 15 is 0 Å². The number of fused-ring (bicyclic) bond motifs is 3. The number of pyridine rings is 3. The topological polar surface area (TPSA) is 38.7 Å². The molecular weight excluding hydrogens is 919 g/mol. The Hall–Kier alpha value is -9.57. The third-order valence-electron chi connectivity index (χ3n) is 15.4. The second-order valence-corrected chi connectivity index (χ2v) is 20.4. The molecule has 3 nitrogen and oxygen atoms in total. The average Bonchev–Trinajstić information content (AvgIpc) is 3.82. The van der Waals surface area contributed by atoms with E-state index in [9.17, 15) is 0 Å². The maximum Gasteiger partial charge on any atom is 0.0705 e. The molecule has 1 aliphatic carbocycles. The van der Waals surface area contributed by atoms with Gasteiger partial charge in [0.25, 0.3) is 0 Å². The zero-order valence-corrected chi connectivity index (χ0v) is 42.7. The van der Waals surface area contributed by atoms with Gasteiger partial charge in [0.05, 0.1) is 17.1 Å². The Balaban J connectivity index is 0.984. The Morgan fingerprint density at radius 2 is 0.645 bits per heavy atom. The molecule has 0 spiro atoms. The van der Waals surface area contributed by atoms with Crippen LogP contribution >= 0.6 is 0 Å². The van der Waals surface area contributed by atoms with Crippen LogP contribution in [0.5, 0.6) is 0 Å². The molecule has 0 atom stereocenters. The lowest BCUT2D eigenvalue weighted by Gasteiger charge is -2.24. The zero-order valence-electron chi connectivity index (χ0n) is 42.7. The molecule has 3 aromatic heterocycles. The van der Waals surface area contributed by atoms with Crippen LogP contribution in [0.1, 0.15) is 30.5 Å². The van der Waals surface area contributed by atoms with E-state index in [1.165, 1.54) is 50.1 Å². The van der Waals surface area contributed by atoms with Crippen LogP contribution < -0.4 is 0 Å². The molecule has 0 saturated heterocycles. The van der Waals surface area contributed by atoms with Crippen LogP contribution in [0.4, 0.5) is 0 Å². The molecule has 0 bridgehead atoms. The van der Waals surface area contributed by atoms with Gasteiger partial charge in [-0.3, -0.25) is 15.0 Å². The van der Waals surface area contributed by atoms with E-state index < -0.39 is 0 Å². The largest absolute Gasteiger partial charge is 0.256 e. The summed E-state index contributed by atoms with van der Waals surface area (Å²) >= 11 is 0. The molecule has 76 heavy (non-hydrogen) atoms.